The van der Waals surface area contributed by atoms with E-state index in [1.165, 1.54) is 4.31 Å². The highest BCUT2D eigenvalue weighted by Crippen LogP contribution is 2.20. The van der Waals surface area contributed by atoms with E-state index in [1.807, 2.05) is 0 Å². The molecule has 2 heterocycles. The quantitative estimate of drug-likeness (QED) is 0.496. The maximum Gasteiger partial charge on any atom is 0.253 e. The van der Waals surface area contributed by atoms with E-state index in [9.17, 15) is 18.0 Å². The summed E-state index contributed by atoms with van der Waals surface area (Å²) in [7, 11) is -3.59. The Hall–Kier alpha value is -3.63. The SMILES string of the molecule is C[C@H](Nc1ccccc1C(=O)NCc1ccco1)C(=O)N1CCN(S(=O)(=O)c2ccccc2)CC1. The molecule has 4 rings (SSSR count). The van der Waals surface area contributed by atoms with Crippen molar-refractivity contribution in [1.82, 2.24) is 14.5 Å². The lowest BCUT2D eigenvalue weighted by molar-refractivity contribution is -0.132. The number of anilines is 1. The average molecular weight is 497 g/mol. The van der Waals surface area contributed by atoms with Crippen LogP contribution in [-0.4, -0.2) is 61.7 Å². The first-order valence-corrected chi connectivity index (χ1v) is 12.8. The van der Waals surface area contributed by atoms with Crippen LogP contribution in [0.1, 0.15) is 23.0 Å². The minimum atomic E-state index is -3.59. The van der Waals surface area contributed by atoms with Crippen LogP contribution in [0.15, 0.2) is 82.3 Å². The van der Waals surface area contributed by atoms with Crippen LogP contribution >= 0.6 is 0 Å². The van der Waals surface area contributed by atoms with E-state index >= 15 is 0 Å². The summed E-state index contributed by atoms with van der Waals surface area (Å²) >= 11 is 0. The Morgan fingerprint density at radius 3 is 2.31 bits per heavy atom. The topological polar surface area (TPSA) is 112 Å². The fourth-order valence-corrected chi connectivity index (χ4v) is 5.39. The Balaban J connectivity index is 1.35. The molecule has 0 radical (unpaired) electrons. The van der Waals surface area contributed by atoms with Crippen LogP contribution in [0.5, 0.6) is 0 Å². The summed E-state index contributed by atoms with van der Waals surface area (Å²) in [4.78, 5) is 27.7. The third-order valence-electron chi connectivity index (χ3n) is 5.85. The molecule has 0 unspecified atom stereocenters. The second-order valence-electron chi connectivity index (χ2n) is 8.22. The summed E-state index contributed by atoms with van der Waals surface area (Å²) in [6, 6.07) is 18.2. The van der Waals surface area contributed by atoms with Gasteiger partial charge in [0.25, 0.3) is 5.91 Å². The van der Waals surface area contributed by atoms with Gasteiger partial charge in [-0.1, -0.05) is 30.3 Å². The highest BCUT2D eigenvalue weighted by Gasteiger charge is 2.31. The molecule has 0 aliphatic carbocycles. The Morgan fingerprint density at radius 1 is 0.943 bits per heavy atom. The Labute approximate surface area is 204 Å². The van der Waals surface area contributed by atoms with Gasteiger partial charge >= 0.3 is 0 Å². The van der Waals surface area contributed by atoms with Gasteiger partial charge in [-0.15, -0.1) is 0 Å². The highest BCUT2D eigenvalue weighted by atomic mass is 32.2. The van der Waals surface area contributed by atoms with Crippen molar-refractivity contribution in [3.05, 3.63) is 84.3 Å². The fourth-order valence-electron chi connectivity index (χ4n) is 3.94. The molecular weight excluding hydrogens is 468 g/mol. The number of carbonyl (C=O) groups is 2. The monoisotopic (exact) mass is 496 g/mol. The number of rotatable bonds is 8. The molecule has 2 aromatic carbocycles. The summed E-state index contributed by atoms with van der Waals surface area (Å²) in [6.07, 6.45) is 1.54. The number of amides is 2. The first-order chi connectivity index (χ1) is 16.9. The highest BCUT2D eigenvalue weighted by molar-refractivity contribution is 7.89. The zero-order valence-electron chi connectivity index (χ0n) is 19.4. The Kier molecular flexibility index (Phi) is 7.52. The van der Waals surface area contributed by atoms with Gasteiger partial charge in [0, 0.05) is 31.9 Å². The van der Waals surface area contributed by atoms with Gasteiger partial charge in [-0.3, -0.25) is 9.59 Å². The minimum Gasteiger partial charge on any atom is -0.467 e. The molecule has 0 spiro atoms. The van der Waals surface area contributed by atoms with Gasteiger partial charge in [-0.05, 0) is 43.3 Å². The molecule has 1 fully saturated rings. The second-order valence-corrected chi connectivity index (χ2v) is 10.2. The lowest BCUT2D eigenvalue weighted by Gasteiger charge is -2.35. The van der Waals surface area contributed by atoms with Crippen molar-refractivity contribution in [2.24, 2.45) is 0 Å². The van der Waals surface area contributed by atoms with Gasteiger partial charge in [0.1, 0.15) is 11.8 Å². The first-order valence-electron chi connectivity index (χ1n) is 11.4. The molecule has 1 aromatic heterocycles. The van der Waals surface area contributed by atoms with Gasteiger partial charge in [0.15, 0.2) is 0 Å². The Morgan fingerprint density at radius 2 is 1.63 bits per heavy atom. The number of piperazine rings is 1. The molecule has 1 atom stereocenters. The second kappa shape index (κ2) is 10.7. The zero-order chi connectivity index (χ0) is 24.8. The smallest absolute Gasteiger partial charge is 0.253 e. The molecule has 184 valence electrons. The summed E-state index contributed by atoms with van der Waals surface area (Å²) in [5.41, 5.74) is 0.952. The molecule has 3 aromatic rings. The van der Waals surface area contributed by atoms with Crippen LogP contribution < -0.4 is 10.6 Å². The summed E-state index contributed by atoms with van der Waals surface area (Å²) in [5, 5.41) is 5.95. The van der Waals surface area contributed by atoms with Gasteiger partial charge in [-0.25, -0.2) is 8.42 Å². The Bertz CT molecular complexity index is 1250. The van der Waals surface area contributed by atoms with Crippen LogP contribution in [0, 0.1) is 0 Å². The molecule has 2 amide bonds. The summed E-state index contributed by atoms with van der Waals surface area (Å²) < 4.78 is 32.3. The van der Waals surface area contributed by atoms with E-state index in [0.717, 1.165) is 0 Å². The molecule has 1 aliphatic heterocycles. The maximum atomic E-state index is 13.1. The zero-order valence-corrected chi connectivity index (χ0v) is 20.2. The number of benzene rings is 2. The fraction of sp³-hybridized carbons (Fsp3) is 0.280. The van der Waals surface area contributed by atoms with Crippen molar-refractivity contribution in [1.29, 1.82) is 0 Å². The van der Waals surface area contributed by atoms with Crippen LogP contribution in [0.4, 0.5) is 5.69 Å². The predicted octanol–water partition coefficient (Wildman–Crippen LogP) is 2.54. The van der Waals surface area contributed by atoms with Gasteiger partial charge in [0.05, 0.1) is 23.3 Å². The van der Waals surface area contributed by atoms with E-state index < -0.39 is 16.1 Å². The maximum absolute atomic E-state index is 13.1. The third-order valence-corrected chi connectivity index (χ3v) is 7.76. The van der Waals surface area contributed by atoms with E-state index in [4.69, 9.17) is 4.42 Å². The number of hydrogen-bond donors (Lipinski definition) is 2. The van der Waals surface area contributed by atoms with Gasteiger partial charge < -0.3 is 20.0 Å². The summed E-state index contributed by atoms with van der Waals surface area (Å²) in [5.74, 6) is 0.192. The molecule has 0 bridgehead atoms. The van der Waals surface area contributed by atoms with Crippen LogP contribution in [0.2, 0.25) is 0 Å². The van der Waals surface area contributed by atoms with Crippen molar-refractivity contribution < 1.29 is 22.4 Å². The molecule has 1 saturated heterocycles. The molecule has 35 heavy (non-hydrogen) atoms. The number of furan rings is 1. The number of para-hydroxylation sites is 1. The lowest BCUT2D eigenvalue weighted by atomic mass is 10.1. The largest absolute Gasteiger partial charge is 0.467 e. The minimum absolute atomic E-state index is 0.160. The number of sulfonamides is 1. The molecular formula is C25H28N4O5S. The average Bonchev–Trinajstić information content (AvgIpc) is 3.41. The normalized spacial score (nSPS) is 15.4. The molecule has 0 saturated carbocycles. The predicted molar refractivity (Wildman–Crippen MR) is 131 cm³/mol. The molecule has 1 aliphatic rings. The lowest BCUT2D eigenvalue weighted by Crippen LogP contribution is -2.53. The van der Waals surface area contributed by atoms with Crippen molar-refractivity contribution >= 4 is 27.5 Å². The van der Waals surface area contributed by atoms with Crippen LogP contribution in [-0.2, 0) is 21.4 Å². The van der Waals surface area contributed by atoms with Gasteiger partial charge in [0.2, 0.25) is 15.9 Å². The molecule has 2 N–H and O–H groups in total. The van der Waals surface area contributed by atoms with Crippen molar-refractivity contribution in [2.75, 3.05) is 31.5 Å². The van der Waals surface area contributed by atoms with Crippen molar-refractivity contribution in [3.63, 3.8) is 0 Å². The van der Waals surface area contributed by atoms with E-state index in [-0.39, 0.29) is 36.3 Å². The van der Waals surface area contributed by atoms with Gasteiger partial charge in [-0.2, -0.15) is 4.31 Å². The van der Waals surface area contributed by atoms with Crippen molar-refractivity contribution in [2.45, 2.75) is 24.4 Å². The molecule has 9 nitrogen and oxygen atoms in total. The molecule has 10 heteroatoms. The van der Waals surface area contributed by atoms with E-state index in [2.05, 4.69) is 10.6 Å². The number of hydrogen-bond acceptors (Lipinski definition) is 6. The summed E-state index contributed by atoms with van der Waals surface area (Å²) in [6.45, 7) is 3.02. The van der Waals surface area contributed by atoms with E-state index in [1.54, 1.807) is 84.8 Å². The standard InChI is InChI=1S/C25H28N4O5S/c1-19(27-23-12-6-5-11-22(23)24(30)26-18-20-8-7-17-34-20)25(31)28-13-15-29(16-14-28)35(32,33)21-9-3-2-4-10-21/h2-12,17,19,27H,13-16,18H2,1H3,(H,26,30)/t19-/m0/s1. The number of carbonyl (C=O) groups excluding carboxylic acids is 2. The number of nitrogens with zero attached hydrogens (tertiary/aromatic N) is 2. The van der Waals surface area contributed by atoms with Crippen molar-refractivity contribution in [3.8, 4) is 0 Å². The van der Waals surface area contributed by atoms with E-state index in [0.29, 0.717) is 30.1 Å². The van der Waals surface area contributed by atoms with Crippen LogP contribution in [0.25, 0.3) is 0 Å². The first kappa shape index (κ1) is 24.5. The third kappa shape index (κ3) is 5.72. The van der Waals surface area contributed by atoms with Crippen LogP contribution in [0.3, 0.4) is 0 Å². The number of nitrogens with one attached hydrogen (secondary N) is 2.